The van der Waals surface area contributed by atoms with Crippen LogP contribution >= 0.6 is 0 Å². The van der Waals surface area contributed by atoms with Gasteiger partial charge in [0.15, 0.2) is 0 Å². The Morgan fingerprint density at radius 1 is 0.958 bits per heavy atom. The first-order valence-electron chi connectivity index (χ1n) is 9.62. The molecule has 4 unspecified atom stereocenters. The molecule has 2 amide bonds. The lowest BCUT2D eigenvalue weighted by molar-refractivity contribution is -0.142. The molecule has 6 heteroatoms. The van der Waals surface area contributed by atoms with E-state index in [-0.39, 0.29) is 23.8 Å². The molecule has 3 saturated heterocycles. The molecule has 0 aromatic carbocycles. The van der Waals surface area contributed by atoms with E-state index in [0.717, 1.165) is 44.3 Å². The van der Waals surface area contributed by atoms with E-state index in [1.165, 1.54) is 19.3 Å². The minimum Gasteiger partial charge on any atom is -0.372 e. The highest BCUT2D eigenvalue weighted by Gasteiger charge is 2.48. The van der Waals surface area contributed by atoms with E-state index in [9.17, 15) is 14.7 Å². The molecule has 3 aliphatic heterocycles. The molecule has 4 fully saturated rings. The lowest BCUT2D eigenvalue weighted by Gasteiger charge is -2.37. The van der Waals surface area contributed by atoms with Crippen LogP contribution in [0, 0.1) is 23.7 Å². The number of hydrogen-bond acceptors (Lipinski definition) is 4. The SMILES string of the molecule is O=C1CCC(N2C[C@@H]3CC(C4CCNCC4)CCC3C2=O)C(O)N1. The van der Waals surface area contributed by atoms with E-state index >= 15 is 0 Å². The molecule has 4 aliphatic rings. The Hall–Kier alpha value is -1.14. The summed E-state index contributed by atoms with van der Waals surface area (Å²) in [6, 6.07) is -0.238. The zero-order valence-corrected chi connectivity index (χ0v) is 14.2. The van der Waals surface area contributed by atoms with Crippen LogP contribution in [0.25, 0.3) is 0 Å². The Bertz CT molecular complexity index is 506. The zero-order valence-electron chi connectivity index (χ0n) is 14.2. The van der Waals surface area contributed by atoms with Crippen molar-refractivity contribution < 1.29 is 14.7 Å². The van der Waals surface area contributed by atoms with Crippen molar-refractivity contribution in [2.45, 2.75) is 57.2 Å². The minimum atomic E-state index is -0.907. The van der Waals surface area contributed by atoms with Gasteiger partial charge in [0, 0.05) is 18.9 Å². The van der Waals surface area contributed by atoms with Crippen molar-refractivity contribution in [2.75, 3.05) is 19.6 Å². The van der Waals surface area contributed by atoms with Gasteiger partial charge in [0.1, 0.15) is 6.23 Å². The van der Waals surface area contributed by atoms with Crippen molar-refractivity contribution in [3.8, 4) is 0 Å². The summed E-state index contributed by atoms with van der Waals surface area (Å²) in [5.41, 5.74) is 0. The third-order valence-corrected chi connectivity index (χ3v) is 6.85. The molecule has 1 aliphatic carbocycles. The minimum absolute atomic E-state index is 0.117. The molecule has 4 rings (SSSR count). The number of aliphatic hydroxyl groups is 1. The van der Waals surface area contributed by atoms with Crippen LogP contribution in [0.5, 0.6) is 0 Å². The summed E-state index contributed by atoms with van der Waals surface area (Å²) in [4.78, 5) is 26.1. The van der Waals surface area contributed by atoms with E-state index in [1.54, 1.807) is 0 Å². The van der Waals surface area contributed by atoms with Crippen LogP contribution < -0.4 is 10.6 Å². The maximum atomic E-state index is 12.8. The number of nitrogens with one attached hydrogen (secondary N) is 2. The summed E-state index contributed by atoms with van der Waals surface area (Å²) in [5, 5.41) is 16.2. The predicted molar refractivity (Wildman–Crippen MR) is 88.8 cm³/mol. The van der Waals surface area contributed by atoms with E-state index in [1.807, 2.05) is 4.90 Å². The van der Waals surface area contributed by atoms with Crippen LogP contribution in [0.3, 0.4) is 0 Å². The highest BCUT2D eigenvalue weighted by atomic mass is 16.3. The third-order valence-electron chi connectivity index (χ3n) is 6.85. The van der Waals surface area contributed by atoms with Gasteiger partial charge >= 0.3 is 0 Å². The number of hydrogen-bond donors (Lipinski definition) is 3. The normalized spacial score (nSPS) is 41.2. The van der Waals surface area contributed by atoms with Crippen molar-refractivity contribution >= 4 is 11.8 Å². The van der Waals surface area contributed by atoms with Crippen LogP contribution in [0.1, 0.15) is 44.9 Å². The highest BCUT2D eigenvalue weighted by Crippen LogP contribution is 2.45. The number of aliphatic hydroxyl groups excluding tert-OH is 1. The molecule has 5 atom stereocenters. The van der Waals surface area contributed by atoms with Gasteiger partial charge in [-0.15, -0.1) is 0 Å². The maximum absolute atomic E-state index is 12.8. The topological polar surface area (TPSA) is 81.7 Å². The molecular formula is C18H29N3O3. The Morgan fingerprint density at radius 3 is 2.50 bits per heavy atom. The van der Waals surface area contributed by atoms with E-state index < -0.39 is 6.23 Å². The van der Waals surface area contributed by atoms with Gasteiger partial charge < -0.3 is 20.6 Å². The Balaban J connectivity index is 1.41. The Morgan fingerprint density at radius 2 is 1.75 bits per heavy atom. The summed E-state index contributed by atoms with van der Waals surface area (Å²) >= 11 is 0. The summed E-state index contributed by atoms with van der Waals surface area (Å²) in [5.74, 6) is 2.26. The van der Waals surface area contributed by atoms with Gasteiger partial charge in [0.25, 0.3) is 0 Å². The van der Waals surface area contributed by atoms with Gasteiger partial charge in [-0.2, -0.15) is 0 Å². The van der Waals surface area contributed by atoms with Gasteiger partial charge in [0.05, 0.1) is 6.04 Å². The summed E-state index contributed by atoms with van der Waals surface area (Å²) < 4.78 is 0. The van der Waals surface area contributed by atoms with Gasteiger partial charge in [0.2, 0.25) is 11.8 Å². The lowest BCUT2D eigenvalue weighted by atomic mass is 9.69. The zero-order chi connectivity index (χ0) is 16.7. The molecule has 3 N–H and O–H groups in total. The molecule has 134 valence electrons. The first kappa shape index (κ1) is 16.3. The number of amides is 2. The quantitative estimate of drug-likeness (QED) is 0.685. The number of nitrogens with zero attached hydrogens (tertiary/aromatic N) is 1. The van der Waals surface area contributed by atoms with Gasteiger partial charge in [-0.3, -0.25) is 9.59 Å². The molecule has 3 heterocycles. The van der Waals surface area contributed by atoms with Crippen molar-refractivity contribution in [1.29, 1.82) is 0 Å². The molecule has 1 saturated carbocycles. The van der Waals surface area contributed by atoms with Crippen molar-refractivity contribution in [2.24, 2.45) is 23.7 Å². The van der Waals surface area contributed by atoms with Crippen LogP contribution in [-0.2, 0) is 9.59 Å². The van der Waals surface area contributed by atoms with Crippen molar-refractivity contribution in [3.63, 3.8) is 0 Å². The Kier molecular flexibility index (Phi) is 4.52. The number of likely N-dealkylation sites (tertiary alicyclic amines) is 1. The third kappa shape index (κ3) is 2.94. The number of carbonyl (C=O) groups is 2. The molecule has 24 heavy (non-hydrogen) atoms. The van der Waals surface area contributed by atoms with E-state index in [4.69, 9.17) is 0 Å². The second-order valence-corrected chi connectivity index (χ2v) is 8.14. The fourth-order valence-electron chi connectivity index (χ4n) is 5.52. The predicted octanol–water partition coefficient (Wildman–Crippen LogP) is 0.458. The van der Waals surface area contributed by atoms with Crippen LogP contribution in [0.2, 0.25) is 0 Å². The first-order valence-corrected chi connectivity index (χ1v) is 9.62. The van der Waals surface area contributed by atoms with E-state index in [0.29, 0.717) is 18.8 Å². The maximum Gasteiger partial charge on any atom is 0.226 e. The van der Waals surface area contributed by atoms with Crippen LogP contribution in [0.15, 0.2) is 0 Å². The van der Waals surface area contributed by atoms with Gasteiger partial charge in [-0.1, -0.05) is 0 Å². The standard InChI is InChI=1S/C18H29N3O3/c22-16-4-3-15(17(23)20-16)21-10-13-9-12(1-2-14(13)18(21)24)11-5-7-19-8-6-11/h11-15,17,19,23H,1-10H2,(H,20,22)/t12?,13-,14?,15?,17?/m0/s1. The molecule has 6 nitrogen and oxygen atoms in total. The number of carbonyl (C=O) groups excluding carboxylic acids is 2. The first-order chi connectivity index (χ1) is 11.6. The van der Waals surface area contributed by atoms with E-state index in [2.05, 4.69) is 10.6 Å². The lowest BCUT2D eigenvalue weighted by Crippen LogP contribution is -2.56. The van der Waals surface area contributed by atoms with Crippen LogP contribution in [0.4, 0.5) is 0 Å². The molecule has 0 aromatic heterocycles. The van der Waals surface area contributed by atoms with Gasteiger partial charge in [-0.05, 0) is 69.4 Å². The Labute approximate surface area is 143 Å². The second-order valence-electron chi connectivity index (χ2n) is 8.14. The summed E-state index contributed by atoms with van der Waals surface area (Å²) in [6.07, 6.45) is 5.95. The molecule has 0 spiro atoms. The number of rotatable bonds is 2. The highest BCUT2D eigenvalue weighted by molar-refractivity contribution is 5.83. The average molecular weight is 335 g/mol. The van der Waals surface area contributed by atoms with Gasteiger partial charge in [-0.25, -0.2) is 0 Å². The van der Waals surface area contributed by atoms with Crippen molar-refractivity contribution in [1.82, 2.24) is 15.5 Å². The second kappa shape index (κ2) is 6.64. The van der Waals surface area contributed by atoms with Crippen LogP contribution in [-0.4, -0.2) is 53.7 Å². The smallest absolute Gasteiger partial charge is 0.226 e. The summed E-state index contributed by atoms with van der Waals surface area (Å²) in [7, 11) is 0. The molecule has 0 aromatic rings. The molecule has 0 radical (unpaired) electrons. The fraction of sp³-hybridized carbons (Fsp3) is 0.889. The summed E-state index contributed by atoms with van der Waals surface area (Å²) in [6.45, 7) is 3.03. The largest absolute Gasteiger partial charge is 0.372 e. The van der Waals surface area contributed by atoms with Crippen molar-refractivity contribution in [3.05, 3.63) is 0 Å². The monoisotopic (exact) mass is 335 g/mol. The molecular weight excluding hydrogens is 306 g/mol. The molecule has 0 bridgehead atoms. The fourth-order valence-corrected chi connectivity index (χ4v) is 5.52. The average Bonchev–Trinajstić information content (AvgIpc) is 2.92. The number of fused-ring (bicyclic) bond motifs is 1. The number of piperidine rings is 2.